The largest absolute Gasteiger partial charge is 0.324 e. The Labute approximate surface area is 155 Å². The molecule has 0 saturated carbocycles. The zero-order valence-corrected chi connectivity index (χ0v) is 14.6. The number of pyridine rings is 1. The molecule has 0 saturated heterocycles. The van der Waals surface area contributed by atoms with Crippen LogP contribution in [0.5, 0.6) is 0 Å². The SMILES string of the molecule is NC(C(=O)Nc1ccc(-c2ccncc2)c(Cl)c1)c1ccc(Cl)cc1. The molecule has 3 N–H and O–H groups in total. The van der Waals surface area contributed by atoms with E-state index in [0.717, 1.165) is 11.1 Å². The van der Waals surface area contributed by atoms with Crippen molar-refractivity contribution in [2.45, 2.75) is 6.04 Å². The van der Waals surface area contributed by atoms with Crippen LogP contribution in [-0.2, 0) is 4.79 Å². The van der Waals surface area contributed by atoms with E-state index < -0.39 is 6.04 Å². The smallest absolute Gasteiger partial charge is 0.245 e. The number of nitrogens with zero attached hydrogens (tertiary/aromatic N) is 1. The Balaban J connectivity index is 1.75. The number of rotatable bonds is 4. The van der Waals surface area contributed by atoms with Gasteiger partial charge in [-0.2, -0.15) is 0 Å². The molecule has 0 spiro atoms. The molecular weight excluding hydrogens is 357 g/mol. The number of nitrogens with one attached hydrogen (secondary N) is 1. The average Bonchev–Trinajstić information content (AvgIpc) is 2.62. The van der Waals surface area contributed by atoms with E-state index in [2.05, 4.69) is 10.3 Å². The maximum absolute atomic E-state index is 12.3. The first-order valence-electron chi connectivity index (χ1n) is 7.56. The molecular formula is C19H15Cl2N3O. The van der Waals surface area contributed by atoms with Crippen LogP contribution in [0.4, 0.5) is 5.69 Å². The van der Waals surface area contributed by atoms with Gasteiger partial charge in [0.25, 0.3) is 0 Å². The molecule has 0 aliphatic carbocycles. The van der Waals surface area contributed by atoms with E-state index in [1.54, 1.807) is 48.8 Å². The highest BCUT2D eigenvalue weighted by Crippen LogP contribution is 2.30. The van der Waals surface area contributed by atoms with Crippen molar-refractivity contribution in [3.63, 3.8) is 0 Å². The number of amides is 1. The second kappa shape index (κ2) is 7.66. The first-order chi connectivity index (χ1) is 12.0. The molecule has 25 heavy (non-hydrogen) atoms. The summed E-state index contributed by atoms with van der Waals surface area (Å²) in [5.41, 5.74) is 9.08. The van der Waals surface area contributed by atoms with Gasteiger partial charge in [-0.1, -0.05) is 41.4 Å². The first-order valence-corrected chi connectivity index (χ1v) is 8.32. The van der Waals surface area contributed by atoms with Crippen molar-refractivity contribution in [1.29, 1.82) is 0 Å². The molecule has 2 aromatic carbocycles. The number of benzene rings is 2. The topological polar surface area (TPSA) is 68.0 Å². The van der Waals surface area contributed by atoms with Crippen molar-refractivity contribution in [2.75, 3.05) is 5.32 Å². The Morgan fingerprint density at radius 2 is 1.68 bits per heavy atom. The zero-order chi connectivity index (χ0) is 17.8. The molecule has 4 nitrogen and oxygen atoms in total. The molecule has 126 valence electrons. The zero-order valence-electron chi connectivity index (χ0n) is 13.1. The molecule has 1 atom stereocenters. The fourth-order valence-electron chi connectivity index (χ4n) is 2.40. The van der Waals surface area contributed by atoms with Crippen molar-refractivity contribution in [2.24, 2.45) is 5.73 Å². The summed E-state index contributed by atoms with van der Waals surface area (Å²) in [6.07, 6.45) is 3.40. The predicted octanol–water partition coefficient (Wildman–Crippen LogP) is 4.69. The van der Waals surface area contributed by atoms with Crippen LogP contribution in [-0.4, -0.2) is 10.9 Å². The third kappa shape index (κ3) is 4.17. The van der Waals surface area contributed by atoms with Crippen LogP contribution in [0.1, 0.15) is 11.6 Å². The number of halogens is 2. The van der Waals surface area contributed by atoms with Gasteiger partial charge < -0.3 is 11.1 Å². The standard InChI is InChI=1S/C19H15Cl2N3O/c20-14-3-1-13(2-4-14)18(22)19(25)24-15-5-6-16(17(21)11-15)12-7-9-23-10-8-12/h1-11,18H,22H2,(H,24,25). The minimum Gasteiger partial charge on any atom is -0.324 e. The van der Waals surface area contributed by atoms with Crippen molar-refractivity contribution < 1.29 is 4.79 Å². The lowest BCUT2D eigenvalue weighted by atomic mass is 10.1. The van der Waals surface area contributed by atoms with Crippen LogP contribution in [0.3, 0.4) is 0 Å². The highest BCUT2D eigenvalue weighted by molar-refractivity contribution is 6.33. The Kier molecular flexibility index (Phi) is 5.34. The van der Waals surface area contributed by atoms with Crippen molar-refractivity contribution in [3.05, 3.63) is 82.6 Å². The molecule has 0 bridgehead atoms. The van der Waals surface area contributed by atoms with Gasteiger partial charge >= 0.3 is 0 Å². The number of aromatic nitrogens is 1. The maximum atomic E-state index is 12.3. The Bertz CT molecular complexity index is 883. The summed E-state index contributed by atoms with van der Waals surface area (Å²) < 4.78 is 0. The third-order valence-electron chi connectivity index (χ3n) is 3.74. The average molecular weight is 372 g/mol. The number of carbonyl (C=O) groups is 1. The molecule has 6 heteroatoms. The molecule has 0 aliphatic rings. The van der Waals surface area contributed by atoms with Crippen LogP contribution < -0.4 is 11.1 Å². The van der Waals surface area contributed by atoms with Gasteiger partial charge in [0, 0.05) is 28.7 Å². The molecule has 3 rings (SSSR count). The lowest BCUT2D eigenvalue weighted by molar-refractivity contribution is -0.117. The summed E-state index contributed by atoms with van der Waals surface area (Å²) in [6.45, 7) is 0. The second-order valence-electron chi connectivity index (χ2n) is 5.45. The van der Waals surface area contributed by atoms with Crippen LogP contribution in [0.2, 0.25) is 10.0 Å². The van der Waals surface area contributed by atoms with E-state index in [1.807, 2.05) is 18.2 Å². The quantitative estimate of drug-likeness (QED) is 0.698. The molecule has 0 fully saturated rings. The Hall–Kier alpha value is -2.40. The second-order valence-corrected chi connectivity index (χ2v) is 6.29. The maximum Gasteiger partial charge on any atom is 0.245 e. The number of nitrogens with two attached hydrogens (primary N) is 1. The monoisotopic (exact) mass is 371 g/mol. The van der Waals surface area contributed by atoms with E-state index in [-0.39, 0.29) is 5.91 Å². The molecule has 1 heterocycles. The van der Waals surface area contributed by atoms with Crippen LogP contribution >= 0.6 is 23.2 Å². The number of hydrogen-bond acceptors (Lipinski definition) is 3. The van der Waals surface area contributed by atoms with Crippen LogP contribution in [0, 0.1) is 0 Å². The highest BCUT2D eigenvalue weighted by Gasteiger charge is 2.16. The van der Waals surface area contributed by atoms with Crippen LogP contribution in [0.15, 0.2) is 67.0 Å². The lowest BCUT2D eigenvalue weighted by Gasteiger charge is -2.14. The lowest BCUT2D eigenvalue weighted by Crippen LogP contribution is -2.27. The Morgan fingerprint density at radius 1 is 1.00 bits per heavy atom. The Morgan fingerprint density at radius 3 is 2.32 bits per heavy atom. The van der Waals surface area contributed by atoms with Gasteiger partial charge in [0.1, 0.15) is 6.04 Å². The number of carbonyl (C=O) groups excluding carboxylic acids is 1. The van der Waals surface area contributed by atoms with Gasteiger partial charge in [0.15, 0.2) is 0 Å². The van der Waals surface area contributed by atoms with Gasteiger partial charge in [0.05, 0.1) is 5.02 Å². The van der Waals surface area contributed by atoms with Gasteiger partial charge in [-0.3, -0.25) is 9.78 Å². The van der Waals surface area contributed by atoms with Crippen molar-refractivity contribution in [3.8, 4) is 11.1 Å². The van der Waals surface area contributed by atoms with E-state index in [9.17, 15) is 4.79 Å². The van der Waals surface area contributed by atoms with Crippen LogP contribution in [0.25, 0.3) is 11.1 Å². The molecule has 1 aromatic heterocycles. The van der Waals surface area contributed by atoms with Gasteiger partial charge in [0.2, 0.25) is 5.91 Å². The van der Waals surface area contributed by atoms with E-state index in [0.29, 0.717) is 21.3 Å². The summed E-state index contributed by atoms with van der Waals surface area (Å²) >= 11 is 12.2. The normalized spacial score (nSPS) is 11.8. The molecule has 1 amide bonds. The summed E-state index contributed by atoms with van der Waals surface area (Å²) in [5, 5.41) is 3.90. The first kappa shape index (κ1) is 17.4. The van der Waals surface area contributed by atoms with Gasteiger partial charge in [-0.15, -0.1) is 0 Å². The van der Waals surface area contributed by atoms with Crippen molar-refractivity contribution in [1.82, 2.24) is 4.98 Å². The molecule has 3 aromatic rings. The summed E-state index contributed by atoms with van der Waals surface area (Å²) in [7, 11) is 0. The van der Waals surface area contributed by atoms with E-state index in [1.165, 1.54) is 0 Å². The van der Waals surface area contributed by atoms with Crippen molar-refractivity contribution >= 4 is 34.8 Å². The fraction of sp³-hybridized carbons (Fsp3) is 0.0526. The fourth-order valence-corrected chi connectivity index (χ4v) is 2.82. The third-order valence-corrected chi connectivity index (χ3v) is 4.30. The van der Waals surface area contributed by atoms with Gasteiger partial charge in [-0.05, 0) is 47.5 Å². The molecule has 0 radical (unpaired) electrons. The molecule has 0 aliphatic heterocycles. The van der Waals surface area contributed by atoms with E-state index in [4.69, 9.17) is 28.9 Å². The highest BCUT2D eigenvalue weighted by atomic mass is 35.5. The van der Waals surface area contributed by atoms with Gasteiger partial charge in [-0.25, -0.2) is 0 Å². The van der Waals surface area contributed by atoms with E-state index >= 15 is 0 Å². The predicted molar refractivity (Wildman–Crippen MR) is 102 cm³/mol. The minimum absolute atomic E-state index is 0.324. The number of hydrogen-bond donors (Lipinski definition) is 2. The summed E-state index contributed by atoms with van der Waals surface area (Å²) in [6, 6.07) is 15.1. The summed E-state index contributed by atoms with van der Waals surface area (Å²) in [4.78, 5) is 16.3. The minimum atomic E-state index is -0.795. The molecule has 1 unspecified atom stereocenters. The number of anilines is 1. The summed E-state index contributed by atoms with van der Waals surface area (Å²) in [5.74, 6) is -0.324.